The standard InChI is InChI=1S/C17H26N4OS/c1-4-7-17(2,3)20(11-14-6-5-10-23-14)12-15-18-19-16-13-22-9-8-21(15)16/h5-6,10H,4,7-9,11-13H2,1-3H3. The monoisotopic (exact) mass is 334 g/mol. The van der Waals surface area contributed by atoms with Crippen molar-refractivity contribution in [3.63, 3.8) is 0 Å². The van der Waals surface area contributed by atoms with Crippen molar-refractivity contribution in [3.05, 3.63) is 34.0 Å². The molecule has 1 aliphatic heterocycles. The van der Waals surface area contributed by atoms with E-state index in [0.29, 0.717) is 6.61 Å². The third kappa shape index (κ3) is 3.82. The van der Waals surface area contributed by atoms with E-state index < -0.39 is 0 Å². The molecule has 2 aromatic heterocycles. The molecule has 0 N–H and O–H groups in total. The van der Waals surface area contributed by atoms with Gasteiger partial charge in [-0.3, -0.25) is 4.90 Å². The summed E-state index contributed by atoms with van der Waals surface area (Å²) in [5.74, 6) is 2.01. The van der Waals surface area contributed by atoms with Gasteiger partial charge >= 0.3 is 0 Å². The number of fused-ring (bicyclic) bond motifs is 1. The minimum atomic E-state index is 0.135. The van der Waals surface area contributed by atoms with Crippen LogP contribution in [0.4, 0.5) is 0 Å². The lowest BCUT2D eigenvalue weighted by Crippen LogP contribution is -2.43. The number of aromatic nitrogens is 3. The molecule has 0 saturated heterocycles. The first-order chi connectivity index (χ1) is 11.1. The maximum atomic E-state index is 5.47. The molecule has 3 heterocycles. The summed E-state index contributed by atoms with van der Waals surface area (Å²) in [5.41, 5.74) is 0.135. The Kier molecular flexibility index (Phi) is 5.14. The molecular weight excluding hydrogens is 308 g/mol. The van der Waals surface area contributed by atoms with Gasteiger partial charge in [-0.2, -0.15) is 0 Å². The molecule has 6 heteroatoms. The van der Waals surface area contributed by atoms with E-state index in [2.05, 4.69) is 57.9 Å². The zero-order chi connectivity index (χ0) is 16.3. The molecule has 126 valence electrons. The van der Waals surface area contributed by atoms with Gasteiger partial charge in [0.25, 0.3) is 0 Å². The maximum absolute atomic E-state index is 5.47. The topological polar surface area (TPSA) is 43.2 Å². The van der Waals surface area contributed by atoms with Crippen LogP contribution in [0.3, 0.4) is 0 Å². The van der Waals surface area contributed by atoms with Gasteiger partial charge in [0.1, 0.15) is 12.4 Å². The Hall–Kier alpha value is -1.24. The second-order valence-corrected chi connectivity index (χ2v) is 7.77. The first-order valence-corrected chi connectivity index (χ1v) is 9.24. The van der Waals surface area contributed by atoms with Crippen LogP contribution in [0, 0.1) is 0 Å². The van der Waals surface area contributed by atoms with E-state index in [4.69, 9.17) is 4.74 Å². The normalized spacial score (nSPS) is 15.1. The fraction of sp³-hybridized carbons (Fsp3) is 0.647. The van der Waals surface area contributed by atoms with Gasteiger partial charge < -0.3 is 9.30 Å². The molecule has 0 spiro atoms. The number of hydrogen-bond donors (Lipinski definition) is 0. The molecule has 0 aliphatic carbocycles. The quantitative estimate of drug-likeness (QED) is 0.778. The Morgan fingerprint density at radius 2 is 2.22 bits per heavy atom. The highest BCUT2D eigenvalue weighted by molar-refractivity contribution is 7.09. The van der Waals surface area contributed by atoms with Crippen molar-refractivity contribution in [1.82, 2.24) is 19.7 Å². The van der Waals surface area contributed by atoms with Gasteiger partial charge in [0.15, 0.2) is 5.82 Å². The number of thiophene rings is 1. The molecule has 3 rings (SSSR count). The zero-order valence-corrected chi connectivity index (χ0v) is 15.1. The molecule has 0 atom stereocenters. The predicted octanol–water partition coefficient (Wildman–Crippen LogP) is 3.45. The van der Waals surface area contributed by atoms with Gasteiger partial charge in [0, 0.05) is 23.5 Å². The van der Waals surface area contributed by atoms with Crippen molar-refractivity contribution in [2.75, 3.05) is 6.61 Å². The second-order valence-electron chi connectivity index (χ2n) is 6.73. The number of hydrogen-bond acceptors (Lipinski definition) is 5. The van der Waals surface area contributed by atoms with Crippen LogP contribution in [0.2, 0.25) is 0 Å². The Balaban J connectivity index is 1.81. The minimum Gasteiger partial charge on any atom is -0.372 e. The van der Waals surface area contributed by atoms with Crippen molar-refractivity contribution >= 4 is 11.3 Å². The van der Waals surface area contributed by atoms with E-state index in [9.17, 15) is 0 Å². The van der Waals surface area contributed by atoms with Gasteiger partial charge in [-0.05, 0) is 31.7 Å². The SMILES string of the molecule is CCCC(C)(C)N(Cc1cccs1)Cc1nnc2n1CCOC2. The fourth-order valence-electron chi connectivity index (χ4n) is 3.19. The van der Waals surface area contributed by atoms with Crippen molar-refractivity contribution in [2.45, 2.75) is 65.4 Å². The third-order valence-electron chi connectivity index (χ3n) is 4.57. The van der Waals surface area contributed by atoms with Crippen molar-refractivity contribution < 1.29 is 4.74 Å². The van der Waals surface area contributed by atoms with Gasteiger partial charge in [-0.15, -0.1) is 21.5 Å². The molecule has 23 heavy (non-hydrogen) atoms. The van der Waals surface area contributed by atoms with Crippen LogP contribution in [0.25, 0.3) is 0 Å². The summed E-state index contributed by atoms with van der Waals surface area (Å²) < 4.78 is 7.70. The molecule has 0 unspecified atom stereocenters. The van der Waals surface area contributed by atoms with Crippen LogP contribution in [-0.2, 0) is 31.0 Å². The molecule has 1 aliphatic rings. The highest BCUT2D eigenvalue weighted by Crippen LogP contribution is 2.27. The first kappa shape index (κ1) is 16.6. The van der Waals surface area contributed by atoms with E-state index in [0.717, 1.165) is 37.9 Å². The van der Waals surface area contributed by atoms with Crippen LogP contribution in [0.15, 0.2) is 17.5 Å². The molecule has 0 fully saturated rings. The average Bonchev–Trinajstić information content (AvgIpc) is 3.17. The average molecular weight is 334 g/mol. The Morgan fingerprint density at radius 3 is 2.96 bits per heavy atom. The van der Waals surface area contributed by atoms with Crippen molar-refractivity contribution in [3.8, 4) is 0 Å². The van der Waals surface area contributed by atoms with Gasteiger partial charge in [0.05, 0.1) is 13.2 Å². The Bertz CT molecular complexity index is 621. The van der Waals surface area contributed by atoms with Crippen LogP contribution in [-0.4, -0.2) is 31.8 Å². The maximum Gasteiger partial charge on any atom is 0.159 e. The zero-order valence-electron chi connectivity index (χ0n) is 14.3. The summed E-state index contributed by atoms with van der Waals surface area (Å²) in [6.07, 6.45) is 2.35. The number of rotatable bonds is 7. The lowest BCUT2D eigenvalue weighted by molar-refractivity contribution is 0.0712. The summed E-state index contributed by atoms with van der Waals surface area (Å²) in [7, 11) is 0. The first-order valence-electron chi connectivity index (χ1n) is 8.36. The number of nitrogens with zero attached hydrogens (tertiary/aromatic N) is 4. The van der Waals surface area contributed by atoms with Crippen molar-refractivity contribution in [1.29, 1.82) is 0 Å². The predicted molar refractivity (Wildman–Crippen MR) is 92.2 cm³/mol. The molecule has 2 aromatic rings. The van der Waals surface area contributed by atoms with Gasteiger partial charge in [-0.1, -0.05) is 19.4 Å². The lowest BCUT2D eigenvalue weighted by Gasteiger charge is -2.38. The fourth-order valence-corrected chi connectivity index (χ4v) is 3.91. The van der Waals surface area contributed by atoms with Gasteiger partial charge in [0.2, 0.25) is 0 Å². The molecule has 0 bridgehead atoms. The molecular formula is C17H26N4OS. The third-order valence-corrected chi connectivity index (χ3v) is 5.43. The highest BCUT2D eigenvalue weighted by Gasteiger charge is 2.28. The summed E-state index contributed by atoms with van der Waals surface area (Å²) in [5, 5.41) is 10.9. The minimum absolute atomic E-state index is 0.135. The molecule has 0 radical (unpaired) electrons. The van der Waals surface area contributed by atoms with Crippen LogP contribution >= 0.6 is 11.3 Å². The summed E-state index contributed by atoms with van der Waals surface area (Å²) in [4.78, 5) is 3.94. The summed E-state index contributed by atoms with van der Waals surface area (Å²) in [6.45, 7) is 10.9. The van der Waals surface area contributed by atoms with Crippen molar-refractivity contribution in [2.24, 2.45) is 0 Å². The summed E-state index contributed by atoms with van der Waals surface area (Å²) >= 11 is 1.82. The van der Waals surface area contributed by atoms with Gasteiger partial charge in [-0.25, -0.2) is 0 Å². The lowest BCUT2D eigenvalue weighted by atomic mass is 9.96. The number of ether oxygens (including phenoxy) is 1. The smallest absolute Gasteiger partial charge is 0.159 e. The highest BCUT2D eigenvalue weighted by atomic mass is 32.1. The van der Waals surface area contributed by atoms with Crippen LogP contribution in [0.5, 0.6) is 0 Å². The van der Waals surface area contributed by atoms with Crippen LogP contribution < -0.4 is 0 Å². The van der Waals surface area contributed by atoms with E-state index in [-0.39, 0.29) is 5.54 Å². The van der Waals surface area contributed by atoms with E-state index >= 15 is 0 Å². The molecule has 0 saturated carbocycles. The summed E-state index contributed by atoms with van der Waals surface area (Å²) in [6, 6.07) is 4.34. The Labute approximate surface area is 142 Å². The second kappa shape index (κ2) is 7.11. The van der Waals surface area contributed by atoms with Crippen LogP contribution in [0.1, 0.15) is 50.1 Å². The Morgan fingerprint density at radius 1 is 1.35 bits per heavy atom. The molecule has 0 amide bonds. The largest absolute Gasteiger partial charge is 0.372 e. The van der Waals surface area contributed by atoms with E-state index in [1.165, 1.54) is 17.7 Å². The van der Waals surface area contributed by atoms with E-state index in [1.807, 2.05) is 11.3 Å². The molecule has 0 aromatic carbocycles. The van der Waals surface area contributed by atoms with E-state index in [1.54, 1.807) is 0 Å². The molecule has 5 nitrogen and oxygen atoms in total.